The van der Waals surface area contributed by atoms with Gasteiger partial charge in [-0.05, 0) is 78.9 Å². The van der Waals surface area contributed by atoms with Crippen molar-refractivity contribution < 1.29 is 23.2 Å². The van der Waals surface area contributed by atoms with Crippen molar-refractivity contribution in [2.75, 3.05) is 13.1 Å². The van der Waals surface area contributed by atoms with E-state index in [9.17, 15) is 9.18 Å². The molecule has 0 spiro atoms. The van der Waals surface area contributed by atoms with Crippen molar-refractivity contribution >= 4 is 18.7 Å². The number of rotatable bonds is 2. The molecule has 1 amide bonds. The number of carbonyl (C=O) groups is 1. The summed E-state index contributed by atoms with van der Waals surface area (Å²) in [4.78, 5) is 18.2. The second-order valence-electron chi connectivity index (χ2n) is 10.0. The molecule has 0 radical (unpaired) electrons. The van der Waals surface area contributed by atoms with Crippen molar-refractivity contribution in [2.24, 2.45) is 0 Å². The molecule has 3 heterocycles. The maximum absolute atomic E-state index is 14.4. The van der Waals surface area contributed by atoms with Gasteiger partial charge in [-0.15, -0.1) is 0 Å². The van der Waals surface area contributed by atoms with Gasteiger partial charge in [0, 0.05) is 24.7 Å². The molecule has 160 valence electrons. The van der Waals surface area contributed by atoms with Crippen LogP contribution in [0.4, 0.5) is 9.18 Å². The van der Waals surface area contributed by atoms with Crippen LogP contribution in [0.1, 0.15) is 72.9 Å². The number of halogens is 1. The molecule has 0 N–H and O–H groups in total. The molecule has 8 heteroatoms. The highest BCUT2D eigenvalue weighted by molar-refractivity contribution is 6.62. The first-order valence-electron chi connectivity index (χ1n) is 10.3. The van der Waals surface area contributed by atoms with E-state index in [1.165, 1.54) is 6.07 Å². The molecule has 29 heavy (non-hydrogen) atoms. The van der Waals surface area contributed by atoms with Gasteiger partial charge in [-0.3, -0.25) is 0 Å². The zero-order valence-electron chi connectivity index (χ0n) is 18.5. The third-order valence-corrected chi connectivity index (χ3v) is 5.85. The van der Waals surface area contributed by atoms with Crippen LogP contribution in [-0.4, -0.2) is 53.0 Å². The van der Waals surface area contributed by atoms with E-state index >= 15 is 0 Å². The van der Waals surface area contributed by atoms with Gasteiger partial charge in [0.05, 0.1) is 11.2 Å². The predicted molar refractivity (Wildman–Crippen MR) is 110 cm³/mol. The Morgan fingerprint density at radius 1 is 1.24 bits per heavy atom. The van der Waals surface area contributed by atoms with Crippen molar-refractivity contribution in [3.05, 3.63) is 23.8 Å². The maximum atomic E-state index is 14.4. The summed E-state index contributed by atoms with van der Waals surface area (Å²) in [6.45, 7) is 14.5. The number of pyridine rings is 1. The van der Waals surface area contributed by atoms with E-state index in [4.69, 9.17) is 14.0 Å². The normalized spacial score (nSPS) is 23.9. The predicted octanol–water partition coefficient (Wildman–Crippen LogP) is 3.63. The fourth-order valence-electron chi connectivity index (χ4n) is 3.57. The lowest BCUT2D eigenvalue weighted by Crippen LogP contribution is -2.43. The van der Waals surface area contributed by atoms with Crippen molar-refractivity contribution in [1.82, 2.24) is 9.88 Å². The Labute approximate surface area is 173 Å². The van der Waals surface area contributed by atoms with Gasteiger partial charge in [-0.1, -0.05) is 0 Å². The van der Waals surface area contributed by atoms with Gasteiger partial charge < -0.3 is 18.9 Å². The minimum absolute atomic E-state index is 0.0619. The lowest BCUT2D eigenvalue weighted by molar-refractivity contribution is 0.00578. The molecule has 0 aromatic carbocycles. The van der Waals surface area contributed by atoms with Crippen LogP contribution in [0.5, 0.6) is 0 Å². The van der Waals surface area contributed by atoms with E-state index in [-0.39, 0.29) is 12.0 Å². The summed E-state index contributed by atoms with van der Waals surface area (Å²) in [5.41, 5.74) is -0.333. The first kappa shape index (κ1) is 22.0. The standard InChI is InChI=1S/C21H32BFN2O4/c1-19(2,3)27-18(26)25-10-8-9-14(13-25)16-11-15(12-17(23)24-16)22-28-20(4,5)21(6,7)29-22/h11-12,14H,8-10,13H2,1-7H3. The molecular formula is C21H32BFN2O4. The average molecular weight is 406 g/mol. The van der Waals surface area contributed by atoms with Crippen LogP contribution in [0, 0.1) is 5.95 Å². The van der Waals surface area contributed by atoms with E-state index < -0.39 is 29.9 Å². The summed E-state index contributed by atoms with van der Waals surface area (Å²) in [6, 6.07) is 3.20. The van der Waals surface area contributed by atoms with Gasteiger partial charge in [0.25, 0.3) is 0 Å². The number of amides is 1. The molecule has 0 saturated carbocycles. The lowest BCUT2D eigenvalue weighted by Gasteiger charge is -2.34. The molecule has 2 saturated heterocycles. The summed E-state index contributed by atoms with van der Waals surface area (Å²) in [7, 11) is -0.651. The number of ether oxygens (including phenoxy) is 1. The largest absolute Gasteiger partial charge is 0.495 e. The van der Waals surface area contributed by atoms with Gasteiger partial charge in [0.1, 0.15) is 5.60 Å². The molecule has 6 nitrogen and oxygen atoms in total. The van der Waals surface area contributed by atoms with Gasteiger partial charge in [0.2, 0.25) is 5.95 Å². The van der Waals surface area contributed by atoms with Crippen molar-refractivity contribution in [3.8, 4) is 0 Å². The van der Waals surface area contributed by atoms with Crippen molar-refractivity contribution in [2.45, 2.75) is 84.0 Å². The summed E-state index contributed by atoms with van der Waals surface area (Å²) in [6.07, 6.45) is 1.30. The highest BCUT2D eigenvalue weighted by atomic mass is 19.1. The van der Waals surface area contributed by atoms with E-state index in [0.29, 0.717) is 24.2 Å². The van der Waals surface area contributed by atoms with Crippen molar-refractivity contribution in [3.63, 3.8) is 0 Å². The van der Waals surface area contributed by atoms with Crippen LogP contribution in [0.3, 0.4) is 0 Å². The molecule has 1 atom stereocenters. The average Bonchev–Trinajstić information content (AvgIpc) is 2.81. The number of nitrogens with zero attached hydrogens (tertiary/aromatic N) is 2. The zero-order chi connectivity index (χ0) is 21.6. The molecule has 1 aromatic heterocycles. The van der Waals surface area contributed by atoms with Crippen LogP contribution < -0.4 is 5.46 Å². The highest BCUT2D eigenvalue weighted by Gasteiger charge is 2.52. The molecule has 1 aromatic rings. The number of hydrogen-bond donors (Lipinski definition) is 0. The van der Waals surface area contributed by atoms with Crippen LogP contribution >= 0.6 is 0 Å². The van der Waals surface area contributed by atoms with Crippen LogP contribution in [0.25, 0.3) is 0 Å². The van der Waals surface area contributed by atoms with Gasteiger partial charge in [-0.25, -0.2) is 9.78 Å². The summed E-state index contributed by atoms with van der Waals surface area (Å²) < 4.78 is 32.0. The third-order valence-electron chi connectivity index (χ3n) is 5.85. The molecule has 2 fully saturated rings. The van der Waals surface area contributed by atoms with Crippen LogP contribution in [-0.2, 0) is 14.0 Å². The molecule has 0 aliphatic carbocycles. The SMILES string of the molecule is CC(C)(C)OC(=O)N1CCCC(c2cc(B3OC(C)(C)C(C)(C)O3)cc(F)n2)C1. The second-order valence-corrected chi connectivity index (χ2v) is 10.0. The number of piperidine rings is 1. The number of hydrogen-bond acceptors (Lipinski definition) is 5. The number of likely N-dealkylation sites (tertiary alicyclic amines) is 1. The molecule has 2 aliphatic rings. The fraction of sp³-hybridized carbons (Fsp3) is 0.714. The molecular weight excluding hydrogens is 374 g/mol. The molecule has 0 bridgehead atoms. The molecule has 2 aliphatic heterocycles. The Hall–Kier alpha value is -1.67. The van der Waals surface area contributed by atoms with Gasteiger partial charge >= 0.3 is 13.2 Å². The second kappa shape index (κ2) is 7.54. The monoisotopic (exact) mass is 406 g/mol. The highest BCUT2D eigenvalue weighted by Crippen LogP contribution is 2.36. The van der Waals surface area contributed by atoms with Crippen molar-refractivity contribution in [1.29, 1.82) is 0 Å². The van der Waals surface area contributed by atoms with Gasteiger partial charge in [-0.2, -0.15) is 4.39 Å². The quantitative estimate of drug-likeness (QED) is 0.555. The topological polar surface area (TPSA) is 60.9 Å². The maximum Gasteiger partial charge on any atom is 0.495 e. The lowest BCUT2D eigenvalue weighted by atomic mass is 9.78. The fourth-order valence-corrected chi connectivity index (χ4v) is 3.57. The zero-order valence-corrected chi connectivity index (χ0v) is 18.5. The first-order valence-corrected chi connectivity index (χ1v) is 10.3. The van der Waals surface area contributed by atoms with Crippen LogP contribution in [0.15, 0.2) is 12.1 Å². The van der Waals surface area contributed by atoms with E-state index in [1.807, 2.05) is 54.5 Å². The number of aromatic nitrogens is 1. The third kappa shape index (κ3) is 4.91. The Balaban J connectivity index is 1.79. The summed E-state index contributed by atoms with van der Waals surface area (Å²) >= 11 is 0. The molecule has 1 unspecified atom stereocenters. The smallest absolute Gasteiger partial charge is 0.444 e. The summed E-state index contributed by atoms with van der Waals surface area (Å²) in [5, 5.41) is 0. The Morgan fingerprint density at radius 2 is 1.86 bits per heavy atom. The van der Waals surface area contributed by atoms with E-state index in [1.54, 1.807) is 4.90 Å². The minimum Gasteiger partial charge on any atom is -0.444 e. The Morgan fingerprint density at radius 3 is 2.45 bits per heavy atom. The Bertz CT molecular complexity index is 762. The number of carbonyl (C=O) groups excluding carboxylic acids is 1. The van der Waals surface area contributed by atoms with E-state index in [0.717, 1.165) is 12.8 Å². The minimum atomic E-state index is -0.651. The Kier molecular flexibility index (Phi) is 5.73. The summed E-state index contributed by atoms with van der Waals surface area (Å²) in [5.74, 6) is -0.630. The van der Waals surface area contributed by atoms with Gasteiger partial charge in [0.15, 0.2) is 0 Å². The first-order chi connectivity index (χ1) is 13.3. The van der Waals surface area contributed by atoms with Crippen LogP contribution in [0.2, 0.25) is 0 Å². The molecule has 3 rings (SSSR count). The van der Waals surface area contributed by atoms with E-state index in [2.05, 4.69) is 4.98 Å².